The molecule has 104 valence electrons. The van der Waals surface area contributed by atoms with Crippen molar-refractivity contribution >= 4 is 11.8 Å². The van der Waals surface area contributed by atoms with Crippen LogP contribution in [0.1, 0.15) is 27.2 Å². The van der Waals surface area contributed by atoms with Gasteiger partial charge in [0.15, 0.2) is 0 Å². The molecule has 4 heteroatoms. The van der Waals surface area contributed by atoms with Gasteiger partial charge in [-0.2, -0.15) is 0 Å². The number of aromatic carboxylic acids is 1. The molecule has 0 aliphatic carbocycles. The number of aryl methyl sites for hydroxylation is 2. The fraction of sp³-hybridized carbons (Fsp3) is 0.250. The number of nitrogens with zero attached hydrogens (tertiary/aromatic N) is 2. The predicted molar refractivity (Wildman–Crippen MR) is 79.2 cm³/mol. The molecule has 1 aromatic carbocycles. The number of carboxylic acids is 1. The van der Waals surface area contributed by atoms with Crippen LogP contribution >= 0.6 is 0 Å². The van der Waals surface area contributed by atoms with Crippen LogP contribution in [-0.2, 0) is 6.54 Å². The van der Waals surface area contributed by atoms with E-state index in [0.29, 0.717) is 18.1 Å². The summed E-state index contributed by atoms with van der Waals surface area (Å²) in [5.41, 5.74) is 3.39. The van der Waals surface area contributed by atoms with Gasteiger partial charge in [0.1, 0.15) is 5.82 Å². The van der Waals surface area contributed by atoms with Gasteiger partial charge in [0.25, 0.3) is 0 Å². The minimum absolute atomic E-state index is 0.268. The third-order valence-corrected chi connectivity index (χ3v) is 3.25. The monoisotopic (exact) mass is 270 g/mol. The summed E-state index contributed by atoms with van der Waals surface area (Å²) in [6, 6.07) is 11.3. The highest BCUT2D eigenvalue weighted by molar-refractivity contribution is 5.88. The molecule has 0 atom stereocenters. The molecule has 0 aliphatic rings. The lowest BCUT2D eigenvalue weighted by Crippen LogP contribution is -2.19. The quantitative estimate of drug-likeness (QED) is 0.927. The molecule has 20 heavy (non-hydrogen) atoms. The Balaban J connectivity index is 2.27. The van der Waals surface area contributed by atoms with Gasteiger partial charge in [-0.25, -0.2) is 9.78 Å². The van der Waals surface area contributed by atoms with Gasteiger partial charge in [0.05, 0.1) is 5.56 Å². The van der Waals surface area contributed by atoms with Gasteiger partial charge in [0, 0.05) is 19.3 Å². The molecular weight excluding hydrogens is 252 g/mol. The number of anilines is 1. The molecule has 0 aliphatic heterocycles. The van der Waals surface area contributed by atoms with Crippen LogP contribution in [0.3, 0.4) is 0 Å². The average Bonchev–Trinajstić information content (AvgIpc) is 2.40. The van der Waals surface area contributed by atoms with Crippen molar-refractivity contribution in [2.75, 3.05) is 11.9 Å². The van der Waals surface area contributed by atoms with E-state index in [-0.39, 0.29) is 5.56 Å². The summed E-state index contributed by atoms with van der Waals surface area (Å²) in [5.74, 6) is -0.258. The zero-order chi connectivity index (χ0) is 14.7. The van der Waals surface area contributed by atoms with Crippen LogP contribution in [0.25, 0.3) is 0 Å². The Morgan fingerprint density at radius 3 is 2.60 bits per heavy atom. The minimum Gasteiger partial charge on any atom is -0.478 e. The molecule has 0 fully saturated rings. The van der Waals surface area contributed by atoms with Gasteiger partial charge < -0.3 is 10.0 Å². The molecular formula is C16H18N2O2. The first kappa shape index (κ1) is 14.1. The third-order valence-electron chi connectivity index (χ3n) is 3.25. The second-order valence-electron chi connectivity index (χ2n) is 4.94. The zero-order valence-electron chi connectivity index (χ0n) is 11.9. The molecule has 1 N–H and O–H groups in total. The van der Waals surface area contributed by atoms with Crippen LogP contribution in [0, 0.1) is 13.8 Å². The van der Waals surface area contributed by atoms with E-state index in [9.17, 15) is 4.79 Å². The highest BCUT2D eigenvalue weighted by atomic mass is 16.4. The first-order chi connectivity index (χ1) is 9.47. The second-order valence-corrected chi connectivity index (χ2v) is 4.94. The van der Waals surface area contributed by atoms with Gasteiger partial charge in [0.2, 0.25) is 0 Å². The van der Waals surface area contributed by atoms with Crippen LogP contribution in [0.15, 0.2) is 36.4 Å². The van der Waals surface area contributed by atoms with E-state index >= 15 is 0 Å². The second kappa shape index (κ2) is 5.74. The van der Waals surface area contributed by atoms with Crippen molar-refractivity contribution in [2.24, 2.45) is 0 Å². The van der Waals surface area contributed by atoms with Crippen molar-refractivity contribution in [3.8, 4) is 0 Å². The van der Waals surface area contributed by atoms with Gasteiger partial charge in [-0.15, -0.1) is 0 Å². The van der Waals surface area contributed by atoms with Crippen LogP contribution in [0.4, 0.5) is 5.82 Å². The maximum absolute atomic E-state index is 11.1. The number of hydrogen-bond acceptors (Lipinski definition) is 3. The number of pyridine rings is 1. The number of hydrogen-bond donors (Lipinski definition) is 1. The Morgan fingerprint density at radius 2 is 1.95 bits per heavy atom. The lowest BCUT2D eigenvalue weighted by atomic mass is 10.1. The molecule has 1 aromatic heterocycles. The third kappa shape index (κ3) is 3.15. The molecule has 2 aromatic rings. The van der Waals surface area contributed by atoms with Crippen LogP contribution in [0.5, 0.6) is 0 Å². The predicted octanol–water partition coefficient (Wildman–Crippen LogP) is 3.03. The van der Waals surface area contributed by atoms with Gasteiger partial charge >= 0.3 is 5.97 Å². The molecule has 0 saturated heterocycles. The molecule has 2 rings (SSSR count). The van der Waals surface area contributed by atoms with E-state index in [1.165, 1.54) is 11.1 Å². The van der Waals surface area contributed by atoms with Crippen molar-refractivity contribution in [3.63, 3.8) is 0 Å². The first-order valence-corrected chi connectivity index (χ1v) is 6.45. The largest absolute Gasteiger partial charge is 0.478 e. The Kier molecular flexibility index (Phi) is 4.03. The first-order valence-electron chi connectivity index (χ1n) is 6.45. The van der Waals surface area contributed by atoms with E-state index < -0.39 is 5.97 Å². The van der Waals surface area contributed by atoms with Crippen molar-refractivity contribution in [1.82, 2.24) is 4.98 Å². The fourth-order valence-electron chi connectivity index (χ4n) is 2.09. The molecule has 0 spiro atoms. The van der Waals surface area contributed by atoms with Crippen LogP contribution in [0.2, 0.25) is 0 Å². The standard InChI is InChI=1S/C16H18N2O2/c1-11-6-4-5-7-13(11)10-18(3)15-9-14(16(19)20)8-12(2)17-15/h4-9H,10H2,1-3H3,(H,19,20). The molecule has 0 bridgehead atoms. The summed E-state index contributed by atoms with van der Waals surface area (Å²) in [6.45, 7) is 4.56. The van der Waals surface area contributed by atoms with E-state index in [1.54, 1.807) is 19.1 Å². The minimum atomic E-state index is -0.930. The number of carbonyl (C=O) groups is 1. The van der Waals surface area contributed by atoms with Crippen LogP contribution < -0.4 is 4.90 Å². The van der Waals surface area contributed by atoms with Crippen molar-refractivity contribution < 1.29 is 9.90 Å². The summed E-state index contributed by atoms with van der Waals surface area (Å²) >= 11 is 0. The van der Waals surface area contributed by atoms with E-state index in [2.05, 4.69) is 24.0 Å². The smallest absolute Gasteiger partial charge is 0.335 e. The van der Waals surface area contributed by atoms with Crippen LogP contribution in [-0.4, -0.2) is 23.1 Å². The highest BCUT2D eigenvalue weighted by Crippen LogP contribution is 2.17. The van der Waals surface area contributed by atoms with Gasteiger partial charge in [-0.3, -0.25) is 0 Å². The van der Waals surface area contributed by atoms with E-state index in [1.807, 2.05) is 24.1 Å². The Bertz CT molecular complexity index is 638. The number of aromatic nitrogens is 1. The Hall–Kier alpha value is -2.36. The molecule has 0 saturated carbocycles. The number of rotatable bonds is 4. The fourth-order valence-corrected chi connectivity index (χ4v) is 2.09. The van der Waals surface area contributed by atoms with Gasteiger partial charge in [-0.05, 0) is 37.1 Å². The van der Waals surface area contributed by atoms with Crippen molar-refractivity contribution in [1.29, 1.82) is 0 Å². The summed E-state index contributed by atoms with van der Waals surface area (Å²) in [4.78, 5) is 17.5. The van der Waals surface area contributed by atoms with E-state index in [4.69, 9.17) is 5.11 Å². The molecule has 0 unspecified atom stereocenters. The summed E-state index contributed by atoms with van der Waals surface area (Å²) in [5, 5.41) is 9.10. The zero-order valence-corrected chi connectivity index (χ0v) is 11.9. The molecule has 0 amide bonds. The lowest BCUT2D eigenvalue weighted by molar-refractivity contribution is 0.0696. The summed E-state index contributed by atoms with van der Waals surface area (Å²) < 4.78 is 0. The van der Waals surface area contributed by atoms with E-state index in [0.717, 1.165) is 0 Å². The normalized spacial score (nSPS) is 10.3. The van der Waals surface area contributed by atoms with Crippen molar-refractivity contribution in [3.05, 3.63) is 58.8 Å². The topological polar surface area (TPSA) is 53.4 Å². The molecule has 0 radical (unpaired) electrons. The average molecular weight is 270 g/mol. The number of carboxylic acid groups (broad SMARTS) is 1. The Morgan fingerprint density at radius 1 is 1.25 bits per heavy atom. The summed E-state index contributed by atoms with van der Waals surface area (Å²) in [6.07, 6.45) is 0. The SMILES string of the molecule is Cc1cc(C(=O)O)cc(N(C)Cc2ccccc2C)n1. The highest BCUT2D eigenvalue weighted by Gasteiger charge is 2.10. The van der Waals surface area contributed by atoms with Gasteiger partial charge in [-0.1, -0.05) is 24.3 Å². The molecule has 1 heterocycles. The lowest BCUT2D eigenvalue weighted by Gasteiger charge is -2.20. The number of benzene rings is 1. The maximum atomic E-state index is 11.1. The van der Waals surface area contributed by atoms with Crippen molar-refractivity contribution in [2.45, 2.75) is 20.4 Å². The molecule has 4 nitrogen and oxygen atoms in total. The summed E-state index contributed by atoms with van der Waals surface area (Å²) in [7, 11) is 1.92. The maximum Gasteiger partial charge on any atom is 0.335 e. The Labute approximate surface area is 118 Å².